The summed E-state index contributed by atoms with van der Waals surface area (Å²) in [4.78, 5) is 0. The van der Waals surface area contributed by atoms with Crippen LogP contribution in [0.5, 0.6) is 5.75 Å². The highest BCUT2D eigenvalue weighted by Crippen LogP contribution is 2.28. The van der Waals surface area contributed by atoms with Crippen molar-refractivity contribution in [3.8, 4) is 11.8 Å². The number of hydrogen-bond acceptors (Lipinski definition) is 3. The molecular formula is C12H14ClNO2. The molecule has 0 aliphatic carbocycles. The van der Waals surface area contributed by atoms with Crippen LogP contribution in [0.15, 0.2) is 18.2 Å². The number of halogens is 1. The van der Waals surface area contributed by atoms with Gasteiger partial charge in [0.1, 0.15) is 5.75 Å². The lowest BCUT2D eigenvalue weighted by Gasteiger charge is -2.13. The second kappa shape index (κ2) is 6.37. The number of ether oxygens (including phenoxy) is 1. The molecule has 0 aliphatic rings. The number of unbranched alkanes of at least 4 members (excludes halogenated alkanes) is 1. The van der Waals surface area contributed by atoms with Crippen molar-refractivity contribution in [2.75, 3.05) is 6.61 Å². The first-order valence-electron chi connectivity index (χ1n) is 5.12. The summed E-state index contributed by atoms with van der Waals surface area (Å²) in [6, 6.07) is 7.18. The van der Waals surface area contributed by atoms with E-state index in [2.05, 4.69) is 0 Å². The first-order chi connectivity index (χ1) is 7.65. The van der Waals surface area contributed by atoms with Gasteiger partial charge in [0.2, 0.25) is 0 Å². The van der Waals surface area contributed by atoms with E-state index >= 15 is 0 Å². The van der Waals surface area contributed by atoms with Gasteiger partial charge in [-0.05, 0) is 31.5 Å². The van der Waals surface area contributed by atoms with E-state index in [4.69, 9.17) is 21.6 Å². The molecule has 0 saturated carbocycles. The second-order valence-corrected chi connectivity index (χ2v) is 3.90. The van der Waals surface area contributed by atoms with E-state index in [0.717, 1.165) is 0 Å². The van der Waals surface area contributed by atoms with Crippen molar-refractivity contribution in [2.45, 2.75) is 25.9 Å². The van der Waals surface area contributed by atoms with Crippen LogP contribution in [0, 0.1) is 11.3 Å². The van der Waals surface area contributed by atoms with Gasteiger partial charge in [0.25, 0.3) is 0 Å². The molecule has 1 aromatic carbocycles. The van der Waals surface area contributed by atoms with Crippen LogP contribution in [-0.4, -0.2) is 11.7 Å². The number of aliphatic hydroxyl groups is 1. The minimum atomic E-state index is -0.621. The first kappa shape index (κ1) is 12.8. The van der Waals surface area contributed by atoms with Gasteiger partial charge in [-0.2, -0.15) is 5.26 Å². The Morgan fingerprint density at radius 3 is 2.94 bits per heavy atom. The summed E-state index contributed by atoms with van der Waals surface area (Å²) in [7, 11) is 0. The maximum Gasteiger partial charge on any atom is 0.125 e. The van der Waals surface area contributed by atoms with Gasteiger partial charge in [-0.3, -0.25) is 0 Å². The Kier molecular flexibility index (Phi) is 5.10. The van der Waals surface area contributed by atoms with Gasteiger partial charge in [-0.1, -0.05) is 11.6 Å². The van der Waals surface area contributed by atoms with Gasteiger partial charge in [0, 0.05) is 17.0 Å². The minimum absolute atomic E-state index is 0.467. The lowest BCUT2D eigenvalue weighted by molar-refractivity contribution is 0.191. The molecule has 0 saturated heterocycles. The summed E-state index contributed by atoms with van der Waals surface area (Å²) in [5, 5.41) is 18.5. The number of nitrogens with zero attached hydrogens (tertiary/aromatic N) is 1. The quantitative estimate of drug-likeness (QED) is 0.804. The smallest absolute Gasteiger partial charge is 0.125 e. The first-order valence-corrected chi connectivity index (χ1v) is 5.50. The van der Waals surface area contributed by atoms with Crippen molar-refractivity contribution in [1.82, 2.24) is 0 Å². The van der Waals surface area contributed by atoms with Crippen molar-refractivity contribution in [2.24, 2.45) is 0 Å². The predicted octanol–water partition coefficient (Wildman–Crippen LogP) is 3.08. The molecule has 0 spiro atoms. The van der Waals surface area contributed by atoms with Gasteiger partial charge in [-0.25, -0.2) is 0 Å². The van der Waals surface area contributed by atoms with Crippen molar-refractivity contribution < 1.29 is 9.84 Å². The molecule has 1 atom stereocenters. The Hall–Kier alpha value is -1.24. The molecule has 1 aromatic rings. The monoisotopic (exact) mass is 239 g/mol. The molecule has 0 unspecified atom stereocenters. The number of aliphatic hydroxyl groups excluding tert-OH is 1. The Morgan fingerprint density at radius 2 is 2.31 bits per heavy atom. The maximum atomic E-state index is 9.54. The van der Waals surface area contributed by atoms with E-state index in [-0.39, 0.29) is 0 Å². The largest absolute Gasteiger partial charge is 0.493 e. The molecule has 0 bridgehead atoms. The van der Waals surface area contributed by atoms with Crippen molar-refractivity contribution >= 4 is 11.6 Å². The van der Waals surface area contributed by atoms with E-state index in [1.807, 2.05) is 6.07 Å². The Bertz CT molecular complexity index is 385. The molecule has 3 nitrogen and oxygen atoms in total. The van der Waals surface area contributed by atoms with E-state index in [1.54, 1.807) is 25.1 Å². The number of hydrogen-bond donors (Lipinski definition) is 1. The topological polar surface area (TPSA) is 53.2 Å². The fourth-order valence-electron chi connectivity index (χ4n) is 1.31. The van der Waals surface area contributed by atoms with Crippen LogP contribution in [0.3, 0.4) is 0 Å². The molecular weight excluding hydrogens is 226 g/mol. The maximum absolute atomic E-state index is 9.54. The normalized spacial score (nSPS) is 11.9. The highest BCUT2D eigenvalue weighted by molar-refractivity contribution is 6.30. The van der Waals surface area contributed by atoms with Gasteiger partial charge in [0.05, 0.1) is 18.8 Å². The lowest BCUT2D eigenvalue weighted by Crippen LogP contribution is -2.02. The van der Waals surface area contributed by atoms with Crippen molar-refractivity contribution in [3.63, 3.8) is 0 Å². The lowest BCUT2D eigenvalue weighted by atomic mass is 10.1. The van der Waals surface area contributed by atoms with Crippen LogP contribution in [0.2, 0.25) is 5.02 Å². The van der Waals surface area contributed by atoms with Crippen molar-refractivity contribution in [3.05, 3.63) is 28.8 Å². The highest BCUT2D eigenvalue weighted by atomic mass is 35.5. The molecule has 0 aromatic heterocycles. The number of benzene rings is 1. The molecule has 0 heterocycles. The third-order valence-electron chi connectivity index (χ3n) is 2.11. The van der Waals surface area contributed by atoms with Crippen LogP contribution in [0.25, 0.3) is 0 Å². The molecule has 0 aliphatic heterocycles. The summed E-state index contributed by atoms with van der Waals surface area (Å²) in [6.07, 6.45) is 0.528. The third kappa shape index (κ3) is 3.73. The molecule has 1 N–H and O–H groups in total. The molecule has 16 heavy (non-hydrogen) atoms. The summed E-state index contributed by atoms with van der Waals surface area (Å²) in [6.45, 7) is 2.13. The zero-order valence-electron chi connectivity index (χ0n) is 9.11. The van der Waals surface area contributed by atoms with Crippen LogP contribution >= 0.6 is 11.6 Å². The van der Waals surface area contributed by atoms with E-state index in [9.17, 15) is 5.11 Å². The fraction of sp³-hybridized carbons (Fsp3) is 0.417. The molecule has 4 heteroatoms. The second-order valence-electron chi connectivity index (χ2n) is 3.47. The van der Waals surface area contributed by atoms with Crippen LogP contribution in [-0.2, 0) is 0 Å². The van der Waals surface area contributed by atoms with E-state index in [1.165, 1.54) is 0 Å². The zero-order valence-corrected chi connectivity index (χ0v) is 9.87. The number of rotatable bonds is 5. The standard InChI is InChI=1S/C12H14ClNO2/c1-9(15)11-8-10(13)4-5-12(11)16-7-3-2-6-14/h4-5,8-9,15H,2-3,7H2,1H3/t9-/m0/s1. The van der Waals surface area contributed by atoms with Gasteiger partial charge in [0.15, 0.2) is 0 Å². The predicted molar refractivity (Wildman–Crippen MR) is 62.4 cm³/mol. The summed E-state index contributed by atoms with van der Waals surface area (Å²) < 4.78 is 5.49. The van der Waals surface area contributed by atoms with Crippen LogP contribution in [0.1, 0.15) is 31.4 Å². The average Bonchev–Trinajstić information content (AvgIpc) is 2.26. The Balaban J connectivity index is 2.68. The minimum Gasteiger partial charge on any atom is -0.493 e. The fourth-order valence-corrected chi connectivity index (χ4v) is 1.49. The van der Waals surface area contributed by atoms with Gasteiger partial charge in [-0.15, -0.1) is 0 Å². The third-order valence-corrected chi connectivity index (χ3v) is 2.35. The average molecular weight is 240 g/mol. The van der Waals surface area contributed by atoms with Crippen molar-refractivity contribution in [1.29, 1.82) is 5.26 Å². The molecule has 0 fully saturated rings. The molecule has 86 valence electrons. The van der Waals surface area contributed by atoms with Gasteiger partial charge >= 0.3 is 0 Å². The highest BCUT2D eigenvalue weighted by Gasteiger charge is 2.09. The SMILES string of the molecule is C[C@H](O)c1cc(Cl)ccc1OCCCC#N. The van der Waals surface area contributed by atoms with Crippen LogP contribution in [0.4, 0.5) is 0 Å². The molecule has 0 amide bonds. The zero-order chi connectivity index (χ0) is 12.0. The Labute approximate surface area is 100 Å². The number of nitriles is 1. The summed E-state index contributed by atoms with van der Waals surface area (Å²) in [5.41, 5.74) is 0.671. The van der Waals surface area contributed by atoms with Gasteiger partial charge < -0.3 is 9.84 Å². The Morgan fingerprint density at radius 1 is 1.56 bits per heavy atom. The summed E-state index contributed by atoms with van der Waals surface area (Å²) >= 11 is 5.83. The molecule has 0 radical (unpaired) electrons. The molecule has 1 rings (SSSR count). The summed E-state index contributed by atoms with van der Waals surface area (Å²) in [5.74, 6) is 0.623. The van der Waals surface area contributed by atoms with E-state index in [0.29, 0.717) is 35.8 Å². The van der Waals surface area contributed by atoms with E-state index < -0.39 is 6.10 Å². The van der Waals surface area contributed by atoms with Crippen LogP contribution < -0.4 is 4.74 Å².